The monoisotopic (exact) mass is 251 g/mol. The molecular weight excluding hydrogens is 233 g/mol. The summed E-state index contributed by atoms with van der Waals surface area (Å²) in [7, 11) is 0. The van der Waals surface area contributed by atoms with Crippen molar-refractivity contribution in [3.63, 3.8) is 0 Å². The van der Waals surface area contributed by atoms with Crippen LogP contribution in [0.3, 0.4) is 0 Å². The molecule has 1 aliphatic carbocycles. The summed E-state index contributed by atoms with van der Waals surface area (Å²) in [6.45, 7) is 3.19. The van der Waals surface area contributed by atoms with Crippen molar-refractivity contribution >= 4 is 5.96 Å². The molecule has 0 aromatic heterocycles. The smallest absolute Gasteiger partial charge is 0.191 e. The number of hydrogen-bond donors (Lipinski definition) is 3. The number of nitrogens with one attached hydrogen (secondary N) is 2. The van der Waals surface area contributed by atoms with Gasteiger partial charge in [0.15, 0.2) is 17.5 Å². The Morgan fingerprint density at radius 2 is 2.28 bits per heavy atom. The van der Waals surface area contributed by atoms with Crippen molar-refractivity contribution in [2.24, 2.45) is 4.99 Å². The third-order valence-corrected chi connectivity index (χ3v) is 2.69. The van der Waals surface area contributed by atoms with E-state index in [1.54, 1.807) is 6.07 Å². The van der Waals surface area contributed by atoms with Crippen LogP contribution in [-0.2, 0) is 6.54 Å². The molecule has 1 aromatic rings. The Morgan fingerprint density at radius 1 is 1.50 bits per heavy atom. The van der Waals surface area contributed by atoms with E-state index in [9.17, 15) is 4.39 Å². The molecule has 0 spiro atoms. The van der Waals surface area contributed by atoms with Crippen molar-refractivity contribution in [3.05, 3.63) is 29.6 Å². The minimum Gasteiger partial charge on any atom is -0.505 e. The van der Waals surface area contributed by atoms with E-state index in [2.05, 4.69) is 15.6 Å². The third-order valence-electron chi connectivity index (χ3n) is 2.69. The molecule has 18 heavy (non-hydrogen) atoms. The first-order chi connectivity index (χ1) is 8.69. The maximum Gasteiger partial charge on any atom is 0.191 e. The van der Waals surface area contributed by atoms with Gasteiger partial charge in [0, 0.05) is 12.6 Å². The first-order valence-electron chi connectivity index (χ1n) is 6.21. The second-order valence-electron chi connectivity index (χ2n) is 4.40. The lowest BCUT2D eigenvalue weighted by Gasteiger charge is -2.10. The largest absolute Gasteiger partial charge is 0.505 e. The molecule has 1 aliphatic rings. The number of nitrogens with zero attached hydrogens (tertiary/aromatic N) is 1. The van der Waals surface area contributed by atoms with Crippen LogP contribution in [0, 0.1) is 5.82 Å². The van der Waals surface area contributed by atoms with Crippen molar-refractivity contribution in [2.75, 3.05) is 6.54 Å². The second-order valence-corrected chi connectivity index (χ2v) is 4.40. The quantitative estimate of drug-likeness (QED) is 0.564. The summed E-state index contributed by atoms with van der Waals surface area (Å²) in [5, 5.41) is 15.5. The second kappa shape index (κ2) is 5.71. The number of phenolic OH excluding ortho intramolecular Hbond substituents is 1. The number of guanidine groups is 1. The fourth-order valence-electron chi connectivity index (χ4n) is 1.56. The Balaban J connectivity index is 1.98. The molecule has 0 unspecified atom stereocenters. The number of benzene rings is 1. The summed E-state index contributed by atoms with van der Waals surface area (Å²) in [5.41, 5.74) is 0.735. The molecule has 2 rings (SSSR count). The molecule has 0 radical (unpaired) electrons. The average Bonchev–Trinajstić information content (AvgIpc) is 3.14. The molecule has 98 valence electrons. The van der Waals surface area contributed by atoms with Crippen LogP contribution in [0.15, 0.2) is 23.2 Å². The molecule has 5 heteroatoms. The lowest BCUT2D eigenvalue weighted by Crippen LogP contribution is -2.38. The minimum absolute atomic E-state index is 0.328. The topological polar surface area (TPSA) is 56.7 Å². The molecule has 0 saturated heterocycles. The molecule has 0 heterocycles. The Kier molecular flexibility index (Phi) is 4.02. The first-order valence-corrected chi connectivity index (χ1v) is 6.21. The molecular formula is C13H18FN3O. The van der Waals surface area contributed by atoms with E-state index in [0.717, 1.165) is 18.1 Å². The fraction of sp³-hybridized carbons (Fsp3) is 0.462. The molecule has 4 nitrogen and oxygen atoms in total. The highest BCUT2D eigenvalue weighted by Gasteiger charge is 2.21. The summed E-state index contributed by atoms with van der Waals surface area (Å²) in [6.07, 6.45) is 2.36. The predicted molar refractivity (Wildman–Crippen MR) is 69.0 cm³/mol. The number of phenols is 1. The number of aromatic hydroxyl groups is 1. The average molecular weight is 251 g/mol. The van der Waals surface area contributed by atoms with Gasteiger partial charge >= 0.3 is 0 Å². The van der Waals surface area contributed by atoms with Crippen LogP contribution < -0.4 is 10.6 Å². The Hall–Kier alpha value is -1.78. The normalized spacial score (nSPS) is 15.6. The molecule has 3 N–H and O–H groups in total. The zero-order valence-electron chi connectivity index (χ0n) is 10.4. The predicted octanol–water partition coefficient (Wildman–Crippen LogP) is 1.75. The Bertz CT molecular complexity index is 444. The van der Waals surface area contributed by atoms with Crippen molar-refractivity contribution < 1.29 is 9.50 Å². The van der Waals surface area contributed by atoms with Crippen molar-refractivity contribution in [2.45, 2.75) is 32.4 Å². The van der Waals surface area contributed by atoms with Gasteiger partial charge in [-0.3, -0.25) is 0 Å². The van der Waals surface area contributed by atoms with Gasteiger partial charge in [0.2, 0.25) is 0 Å². The SMILES string of the molecule is CCNC(=NCc1ccc(O)c(F)c1)NC1CC1. The number of hydrogen-bond acceptors (Lipinski definition) is 2. The van der Waals surface area contributed by atoms with Crippen LogP contribution in [0.5, 0.6) is 5.75 Å². The van der Waals surface area contributed by atoms with Crippen molar-refractivity contribution in [1.82, 2.24) is 10.6 Å². The van der Waals surface area contributed by atoms with Crippen LogP contribution in [0.25, 0.3) is 0 Å². The maximum absolute atomic E-state index is 13.1. The lowest BCUT2D eigenvalue weighted by atomic mass is 10.2. The van der Waals surface area contributed by atoms with Crippen molar-refractivity contribution in [1.29, 1.82) is 0 Å². The van der Waals surface area contributed by atoms with Gasteiger partial charge in [-0.15, -0.1) is 0 Å². The summed E-state index contributed by atoms with van der Waals surface area (Å²) in [4.78, 5) is 4.38. The summed E-state index contributed by atoms with van der Waals surface area (Å²) >= 11 is 0. The van der Waals surface area contributed by atoms with Crippen LogP contribution in [0.1, 0.15) is 25.3 Å². The number of rotatable bonds is 4. The van der Waals surface area contributed by atoms with Crippen LogP contribution >= 0.6 is 0 Å². The van der Waals surface area contributed by atoms with Gasteiger partial charge in [-0.1, -0.05) is 6.07 Å². The Morgan fingerprint density at radius 3 is 2.89 bits per heavy atom. The van der Waals surface area contributed by atoms with E-state index in [-0.39, 0.29) is 5.75 Å². The molecule has 0 atom stereocenters. The third kappa shape index (κ3) is 3.61. The lowest BCUT2D eigenvalue weighted by molar-refractivity contribution is 0.432. The first kappa shape index (κ1) is 12.7. The van der Waals surface area contributed by atoms with Crippen LogP contribution in [-0.4, -0.2) is 23.7 Å². The Labute approximate surface area is 106 Å². The standard InChI is InChI=1S/C13H18FN3O/c1-2-15-13(17-10-4-5-10)16-8-9-3-6-12(18)11(14)7-9/h3,6-7,10,18H,2,4-5,8H2,1H3,(H2,15,16,17). The molecule has 1 saturated carbocycles. The van der Waals surface area contributed by atoms with E-state index in [4.69, 9.17) is 5.11 Å². The summed E-state index contributed by atoms with van der Waals surface area (Å²) < 4.78 is 13.1. The molecule has 1 fully saturated rings. The minimum atomic E-state index is -0.608. The van der Waals surface area contributed by atoms with E-state index >= 15 is 0 Å². The molecule has 0 aliphatic heterocycles. The molecule has 0 bridgehead atoms. The summed E-state index contributed by atoms with van der Waals surface area (Å²) in [5.74, 6) is -0.179. The highest BCUT2D eigenvalue weighted by molar-refractivity contribution is 5.80. The van der Waals surface area contributed by atoms with Gasteiger partial charge in [-0.25, -0.2) is 9.38 Å². The maximum atomic E-state index is 13.1. The number of halogens is 1. The fourth-order valence-corrected chi connectivity index (χ4v) is 1.56. The van der Waals surface area contributed by atoms with Crippen molar-refractivity contribution in [3.8, 4) is 5.75 Å². The highest BCUT2D eigenvalue weighted by Crippen LogP contribution is 2.19. The van der Waals surface area contributed by atoms with Crippen LogP contribution in [0.2, 0.25) is 0 Å². The van der Waals surface area contributed by atoms with E-state index in [1.165, 1.54) is 25.0 Å². The molecule has 0 amide bonds. The highest BCUT2D eigenvalue weighted by atomic mass is 19.1. The van der Waals surface area contributed by atoms with Gasteiger partial charge in [0.05, 0.1) is 6.54 Å². The summed E-state index contributed by atoms with van der Waals surface area (Å²) in [6, 6.07) is 4.85. The number of aliphatic imine (C=N–C) groups is 1. The zero-order chi connectivity index (χ0) is 13.0. The van der Waals surface area contributed by atoms with Gasteiger partial charge in [-0.05, 0) is 37.5 Å². The van der Waals surface area contributed by atoms with Gasteiger partial charge in [0.25, 0.3) is 0 Å². The van der Waals surface area contributed by atoms with Gasteiger partial charge in [0.1, 0.15) is 0 Å². The zero-order valence-corrected chi connectivity index (χ0v) is 10.4. The van der Waals surface area contributed by atoms with Gasteiger partial charge < -0.3 is 15.7 Å². The van der Waals surface area contributed by atoms with E-state index in [1.807, 2.05) is 6.92 Å². The van der Waals surface area contributed by atoms with Gasteiger partial charge in [-0.2, -0.15) is 0 Å². The molecule has 1 aromatic carbocycles. The van der Waals surface area contributed by atoms with E-state index in [0.29, 0.717) is 12.6 Å². The van der Waals surface area contributed by atoms with Crippen LogP contribution in [0.4, 0.5) is 4.39 Å². The van der Waals surface area contributed by atoms with E-state index < -0.39 is 5.82 Å².